The Morgan fingerprint density at radius 1 is 1.47 bits per heavy atom. The first-order chi connectivity index (χ1) is 7.80. The first kappa shape index (κ1) is 14.2. The number of nitrogens with zero attached hydrogens (tertiary/aromatic N) is 1. The zero-order chi connectivity index (χ0) is 13.1. The fourth-order valence-electron chi connectivity index (χ4n) is 1.56. The summed E-state index contributed by atoms with van der Waals surface area (Å²) in [5, 5.41) is 9.60. The molecule has 1 N–H and O–H groups in total. The highest BCUT2D eigenvalue weighted by Gasteiger charge is 2.26. The van der Waals surface area contributed by atoms with E-state index in [2.05, 4.69) is 15.9 Å². The van der Waals surface area contributed by atoms with Gasteiger partial charge in [0, 0.05) is 18.1 Å². The molecule has 0 saturated carbocycles. The van der Waals surface area contributed by atoms with Crippen molar-refractivity contribution in [2.75, 3.05) is 13.6 Å². The lowest BCUT2D eigenvalue weighted by Crippen LogP contribution is -2.43. The summed E-state index contributed by atoms with van der Waals surface area (Å²) in [5.41, 5.74) is -0.138. The first-order valence-electron chi connectivity index (χ1n) is 5.53. The molecule has 94 valence electrons. The Morgan fingerprint density at radius 3 is 2.65 bits per heavy atom. The minimum Gasteiger partial charge on any atom is -0.381 e. The van der Waals surface area contributed by atoms with Crippen molar-refractivity contribution < 1.29 is 9.90 Å². The Kier molecular flexibility index (Phi) is 4.71. The number of carbonyl (C=O) groups is 1. The zero-order valence-corrected chi connectivity index (χ0v) is 12.0. The summed E-state index contributed by atoms with van der Waals surface area (Å²) in [6.45, 7) is 3.61. The molecule has 0 radical (unpaired) electrons. The van der Waals surface area contributed by atoms with Gasteiger partial charge in [-0.05, 0) is 38.0 Å². The molecule has 0 aliphatic rings. The maximum Gasteiger partial charge on any atom is 0.253 e. The van der Waals surface area contributed by atoms with Gasteiger partial charge in [0.2, 0.25) is 0 Å². The van der Waals surface area contributed by atoms with Gasteiger partial charge >= 0.3 is 0 Å². The van der Waals surface area contributed by atoms with E-state index in [0.29, 0.717) is 6.54 Å². The van der Waals surface area contributed by atoms with Crippen LogP contribution in [0.25, 0.3) is 0 Å². The van der Waals surface area contributed by atoms with E-state index < -0.39 is 5.60 Å². The Balaban J connectivity index is 2.54. The first-order valence-corrected chi connectivity index (χ1v) is 6.32. The van der Waals surface area contributed by atoms with Gasteiger partial charge in [0.15, 0.2) is 0 Å². The summed E-state index contributed by atoms with van der Waals surface area (Å²) < 4.78 is 1.03. The van der Waals surface area contributed by atoms with Crippen LogP contribution in [0.2, 0.25) is 0 Å². The summed E-state index contributed by atoms with van der Waals surface area (Å²) in [6.07, 6.45) is 0.776. The van der Waals surface area contributed by atoms with E-state index in [9.17, 15) is 9.90 Å². The lowest BCUT2D eigenvalue weighted by atomic mass is 10.1. The van der Waals surface area contributed by atoms with Crippen molar-refractivity contribution in [3.63, 3.8) is 0 Å². The van der Waals surface area contributed by atoms with Gasteiger partial charge in [-0.1, -0.05) is 28.1 Å². The number of halogens is 1. The number of likely N-dealkylation sites (N-methyl/N-ethyl adjacent to an activating group) is 1. The highest BCUT2D eigenvalue weighted by Crippen LogP contribution is 2.13. The molecule has 1 aromatic rings. The van der Waals surface area contributed by atoms with Gasteiger partial charge in [0.05, 0.1) is 0 Å². The van der Waals surface area contributed by atoms with Crippen molar-refractivity contribution in [1.29, 1.82) is 0 Å². The van der Waals surface area contributed by atoms with E-state index in [4.69, 9.17) is 0 Å². The van der Waals surface area contributed by atoms with Crippen molar-refractivity contribution in [3.05, 3.63) is 34.3 Å². The molecule has 1 amide bonds. The number of benzene rings is 1. The van der Waals surface area contributed by atoms with Crippen molar-refractivity contribution >= 4 is 21.8 Å². The molecule has 1 aromatic carbocycles. The highest BCUT2D eigenvalue weighted by molar-refractivity contribution is 9.10. The van der Waals surface area contributed by atoms with Gasteiger partial charge in [0.25, 0.3) is 5.91 Å². The summed E-state index contributed by atoms with van der Waals surface area (Å²) >= 11 is 3.41. The number of carbonyl (C=O) groups excluding carboxylic acids is 1. The molecular weight excluding hydrogens is 282 g/mol. The third-order valence-corrected chi connectivity index (χ3v) is 2.99. The number of rotatable bonds is 4. The topological polar surface area (TPSA) is 40.5 Å². The maximum absolute atomic E-state index is 11.7. The Labute approximate surface area is 111 Å². The minimum absolute atomic E-state index is 0.257. The van der Waals surface area contributed by atoms with Crippen molar-refractivity contribution in [3.8, 4) is 0 Å². The summed E-state index contributed by atoms with van der Waals surface area (Å²) in [7, 11) is 1.71. The lowest BCUT2D eigenvalue weighted by molar-refractivity contribution is -0.146. The van der Waals surface area contributed by atoms with E-state index in [1.165, 1.54) is 13.8 Å². The van der Waals surface area contributed by atoms with E-state index in [1.807, 2.05) is 24.3 Å². The summed E-state index contributed by atoms with van der Waals surface area (Å²) in [6, 6.07) is 7.99. The van der Waals surface area contributed by atoms with E-state index >= 15 is 0 Å². The Hall–Kier alpha value is -0.870. The largest absolute Gasteiger partial charge is 0.381 e. The lowest BCUT2D eigenvalue weighted by Gasteiger charge is -2.24. The Bertz CT molecular complexity index is 399. The molecule has 3 nitrogen and oxygen atoms in total. The van der Waals surface area contributed by atoms with Gasteiger partial charge in [-0.2, -0.15) is 0 Å². The number of amides is 1. The van der Waals surface area contributed by atoms with Crippen LogP contribution in [0.4, 0.5) is 0 Å². The molecule has 0 aromatic heterocycles. The van der Waals surface area contributed by atoms with Gasteiger partial charge in [-0.3, -0.25) is 4.79 Å². The molecule has 0 spiro atoms. The predicted octanol–water partition coefficient (Wildman–Crippen LogP) is 2.22. The normalized spacial score (nSPS) is 11.4. The van der Waals surface area contributed by atoms with E-state index in [0.717, 1.165) is 16.5 Å². The molecule has 0 heterocycles. The highest BCUT2D eigenvalue weighted by atomic mass is 79.9. The molecule has 0 fully saturated rings. The third kappa shape index (κ3) is 4.48. The molecule has 0 aliphatic heterocycles. The average molecular weight is 300 g/mol. The fourth-order valence-corrected chi connectivity index (χ4v) is 2.00. The third-order valence-electron chi connectivity index (χ3n) is 2.49. The zero-order valence-electron chi connectivity index (χ0n) is 10.4. The van der Waals surface area contributed by atoms with Gasteiger partial charge in [0.1, 0.15) is 5.60 Å². The Morgan fingerprint density at radius 2 is 2.12 bits per heavy atom. The quantitative estimate of drug-likeness (QED) is 0.926. The molecule has 17 heavy (non-hydrogen) atoms. The summed E-state index contributed by atoms with van der Waals surface area (Å²) in [5.74, 6) is -0.257. The molecule has 0 unspecified atom stereocenters. The molecule has 0 aliphatic carbocycles. The number of hydrogen-bond donors (Lipinski definition) is 1. The van der Waals surface area contributed by atoms with Gasteiger partial charge in [-0.25, -0.2) is 0 Å². The molecule has 0 saturated heterocycles. The van der Waals surface area contributed by atoms with Crippen LogP contribution in [-0.4, -0.2) is 35.1 Å². The average Bonchev–Trinajstić information content (AvgIpc) is 2.23. The molecule has 4 heteroatoms. The van der Waals surface area contributed by atoms with Crippen molar-refractivity contribution in [2.45, 2.75) is 25.9 Å². The van der Waals surface area contributed by atoms with Crippen LogP contribution in [0.3, 0.4) is 0 Å². The second-order valence-electron chi connectivity index (χ2n) is 4.67. The van der Waals surface area contributed by atoms with Crippen LogP contribution in [0, 0.1) is 0 Å². The van der Waals surface area contributed by atoms with Crippen molar-refractivity contribution in [1.82, 2.24) is 4.90 Å². The van der Waals surface area contributed by atoms with Gasteiger partial charge < -0.3 is 10.0 Å². The van der Waals surface area contributed by atoms with Crippen LogP contribution in [0.5, 0.6) is 0 Å². The van der Waals surface area contributed by atoms with Crippen LogP contribution < -0.4 is 0 Å². The van der Waals surface area contributed by atoms with Gasteiger partial charge in [-0.15, -0.1) is 0 Å². The van der Waals surface area contributed by atoms with E-state index in [1.54, 1.807) is 11.9 Å². The second-order valence-corrected chi connectivity index (χ2v) is 5.58. The molecule has 0 atom stereocenters. The molecular formula is C13H18BrNO2. The monoisotopic (exact) mass is 299 g/mol. The molecule has 1 rings (SSSR count). The van der Waals surface area contributed by atoms with Crippen molar-refractivity contribution in [2.24, 2.45) is 0 Å². The SMILES string of the molecule is CN(CCc1cccc(Br)c1)C(=O)C(C)(C)O. The standard InChI is InChI=1S/C13H18BrNO2/c1-13(2,17)12(16)15(3)8-7-10-5-4-6-11(14)9-10/h4-6,9,17H,7-8H2,1-3H3. The number of aliphatic hydroxyl groups is 1. The summed E-state index contributed by atoms with van der Waals surface area (Å²) in [4.78, 5) is 13.3. The van der Waals surface area contributed by atoms with E-state index in [-0.39, 0.29) is 5.91 Å². The minimum atomic E-state index is -1.30. The molecule has 0 bridgehead atoms. The van der Waals surface area contributed by atoms with Crippen LogP contribution in [0.15, 0.2) is 28.7 Å². The second kappa shape index (κ2) is 5.65. The predicted molar refractivity (Wildman–Crippen MR) is 71.8 cm³/mol. The maximum atomic E-state index is 11.7. The number of hydrogen-bond acceptors (Lipinski definition) is 2. The van der Waals surface area contributed by atoms with Crippen LogP contribution >= 0.6 is 15.9 Å². The van der Waals surface area contributed by atoms with Crippen LogP contribution in [0.1, 0.15) is 19.4 Å². The fraction of sp³-hybridized carbons (Fsp3) is 0.462. The smallest absolute Gasteiger partial charge is 0.253 e. The van der Waals surface area contributed by atoms with Crippen LogP contribution in [-0.2, 0) is 11.2 Å².